The van der Waals surface area contributed by atoms with Crippen molar-refractivity contribution in [3.05, 3.63) is 82.3 Å². The normalized spacial score (nSPS) is 18.8. The van der Waals surface area contributed by atoms with Crippen molar-refractivity contribution in [1.29, 1.82) is 0 Å². The van der Waals surface area contributed by atoms with Crippen LogP contribution in [-0.2, 0) is 10.2 Å². The summed E-state index contributed by atoms with van der Waals surface area (Å²) in [7, 11) is 0. The summed E-state index contributed by atoms with van der Waals surface area (Å²) in [6, 6.07) is 22.8. The maximum Gasteiger partial charge on any atom is 0.0515 e. The van der Waals surface area contributed by atoms with E-state index >= 15 is 0 Å². The van der Waals surface area contributed by atoms with Crippen molar-refractivity contribution in [2.24, 2.45) is 0 Å². The summed E-state index contributed by atoms with van der Waals surface area (Å²) >= 11 is 19.8. The highest BCUT2D eigenvalue weighted by Crippen LogP contribution is 2.62. The van der Waals surface area contributed by atoms with Gasteiger partial charge in [0.05, 0.1) is 4.75 Å². The molecule has 0 spiro atoms. The van der Waals surface area contributed by atoms with Gasteiger partial charge in [0.2, 0.25) is 0 Å². The fourth-order valence-corrected chi connectivity index (χ4v) is 10.9. The van der Waals surface area contributed by atoms with Crippen molar-refractivity contribution in [2.75, 3.05) is 11.5 Å². The Bertz CT molecular complexity index is 1200. The minimum absolute atomic E-state index is 0.145. The van der Waals surface area contributed by atoms with E-state index in [9.17, 15) is 0 Å². The Kier molecular flexibility index (Phi) is 27.2. The fourth-order valence-electron chi connectivity index (χ4n) is 9.42. The van der Waals surface area contributed by atoms with Gasteiger partial charge < -0.3 is 0 Å². The van der Waals surface area contributed by atoms with Gasteiger partial charge in [-0.1, -0.05) is 221 Å². The van der Waals surface area contributed by atoms with E-state index in [1.165, 1.54) is 196 Å². The Labute approximate surface area is 357 Å². The smallest absolute Gasteiger partial charge is 0.0515 e. The molecule has 2 aromatic rings. The van der Waals surface area contributed by atoms with Crippen LogP contribution in [0.5, 0.6) is 0 Å². The van der Waals surface area contributed by atoms with Crippen LogP contribution in [0.25, 0.3) is 0 Å². The lowest BCUT2D eigenvalue weighted by molar-refractivity contribution is 0.285. The first-order valence-corrected chi connectivity index (χ1v) is 25.2. The van der Waals surface area contributed by atoms with E-state index < -0.39 is 0 Å². The molecule has 2 unspecified atom stereocenters. The molecule has 0 N–H and O–H groups in total. The molecular formula is C50H82S4. The molecule has 0 saturated heterocycles. The van der Waals surface area contributed by atoms with Gasteiger partial charge in [-0.15, -0.1) is 12.6 Å². The Hall–Kier alpha value is -0.420. The van der Waals surface area contributed by atoms with Crippen molar-refractivity contribution >= 4 is 50.5 Å². The molecule has 3 rings (SSSR count). The van der Waals surface area contributed by atoms with E-state index in [2.05, 4.69) is 85.9 Å². The summed E-state index contributed by atoms with van der Waals surface area (Å²) < 4.78 is -0.254. The highest BCUT2D eigenvalue weighted by atomic mass is 32.1. The summed E-state index contributed by atoms with van der Waals surface area (Å²) in [6.45, 7) is 0. The zero-order valence-corrected chi connectivity index (χ0v) is 38.2. The lowest BCUT2D eigenvalue weighted by Gasteiger charge is -2.54. The third-order valence-electron chi connectivity index (χ3n) is 12.6. The van der Waals surface area contributed by atoms with Gasteiger partial charge in [-0.2, -0.15) is 37.9 Å². The van der Waals surface area contributed by atoms with Crippen molar-refractivity contribution < 1.29 is 0 Å². The van der Waals surface area contributed by atoms with Crippen LogP contribution < -0.4 is 0 Å². The number of thiol groups is 4. The fraction of sp³-hybridized carbons (Fsp3) is 0.720. The summed E-state index contributed by atoms with van der Waals surface area (Å²) in [4.78, 5) is 1.35. The molecule has 2 atom stereocenters. The Morgan fingerprint density at radius 2 is 0.741 bits per heavy atom. The molecule has 0 amide bonds. The van der Waals surface area contributed by atoms with Crippen molar-refractivity contribution in [3.8, 4) is 0 Å². The average molecular weight is 811 g/mol. The van der Waals surface area contributed by atoms with Crippen molar-refractivity contribution in [2.45, 2.75) is 216 Å². The zero-order valence-electron chi connectivity index (χ0n) is 34.6. The summed E-state index contributed by atoms with van der Waals surface area (Å²) in [5.74, 6) is 2.09. The van der Waals surface area contributed by atoms with E-state index in [-0.39, 0.29) is 10.2 Å². The predicted molar refractivity (Wildman–Crippen MR) is 257 cm³/mol. The number of allylic oxidation sites excluding steroid dienone is 2. The van der Waals surface area contributed by atoms with Gasteiger partial charge in [0.1, 0.15) is 0 Å². The summed E-state index contributed by atoms with van der Waals surface area (Å²) in [5.41, 5.74) is 4.27. The average Bonchev–Trinajstić information content (AvgIpc) is 3.20. The first-order chi connectivity index (χ1) is 26.6. The maximum atomic E-state index is 5.84. The van der Waals surface area contributed by atoms with E-state index in [4.69, 9.17) is 25.3 Å². The van der Waals surface area contributed by atoms with Crippen LogP contribution in [0.3, 0.4) is 0 Å². The third kappa shape index (κ3) is 17.2. The van der Waals surface area contributed by atoms with Gasteiger partial charge in [-0.05, 0) is 78.1 Å². The Morgan fingerprint density at radius 1 is 0.407 bits per heavy atom. The van der Waals surface area contributed by atoms with Crippen LogP contribution in [-0.4, -0.2) is 11.5 Å². The first kappa shape index (κ1) is 48.0. The molecule has 1 aliphatic carbocycles. The van der Waals surface area contributed by atoms with Crippen molar-refractivity contribution in [3.63, 3.8) is 0 Å². The molecule has 1 aliphatic rings. The minimum atomic E-state index is -0.254. The molecule has 0 fully saturated rings. The lowest BCUT2D eigenvalue weighted by atomic mass is 9.55. The van der Waals surface area contributed by atoms with Gasteiger partial charge in [0.15, 0.2) is 0 Å². The standard InChI is InChI=1S/C50H82S4/c51-43-33-23-19-15-11-7-3-1-5-9-13-17-21-31-39-47-48(53)40-42-50(54,46-37-29-26-30-38-46)49(47,45-35-27-25-28-36-45)41-32-22-18-14-10-6-2-4-8-12-16-20-24-34-44-52/h25-30,35-38,51-54H,1-24,31-34,39-44H2. The Morgan fingerprint density at radius 3 is 1.13 bits per heavy atom. The SMILES string of the molecule is SCCCCCCCCCCCCCCCCC1=C(S)CCC(S)(c2ccccc2)C1(CCCCCCCCCCCCCCCCS)c1ccccc1. The van der Waals surface area contributed by atoms with Gasteiger partial charge >= 0.3 is 0 Å². The second-order valence-electron chi connectivity index (χ2n) is 16.8. The second-order valence-corrected chi connectivity index (χ2v) is 19.0. The third-order valence-corrected chi connectivity index (χ3v) is 14.6. The van der Waals surface area contributed by atoms with E-state index in [1.807, 2.05) is 0 Å². The van der Waals surface area contributed by atoms with Crippen LogP contribution >= 0.6 is 50.5 Å². The highest BCUT2D eigenvalue weighted by molar-refractivity contribution is 7.84. The van der Waals surface area contributed by atoms with E-state index in [0.29, 0.717) is 0 Å². The number of benzene rings is 2. The highest BCUT2D eigenvalue weighted by Gasteiger charge is 2.55. The number of rotatable bonds is 34. The molecule has 4 heteroatoms. The topological polar surface area (TPSA) is 0 Å². The van der Waals surface area contributed by atoms with Crippen LogP contribution in [0.15, 0.2) is 71.1 Å². The zero-order chi connectivity index (χ0) is 38.4. The van der Waals surface area contributed by atoms with E-state index in [0.717, 1.165) is 37.2 Å². The van der Waals surface area contributed by atoms with Crippen LogP contribution in [0, 0.1) is 0 Å². The quantitative estimate of drug-likeness (QED) is 0.0393. The monoisotopic (exact) mass is 811 g/mol. The predicted octanol–water partition coefficient (Wildman–Crippen LogP) is 17.3. The van der Waals surface area contributed by atoms with Crippen LogP contribution in [0.4, 0.5) is 0 Å². The van der Waals surface area contributed by atoms with Gasteiger partial charge in [-0.25, -0.2) is 0 Å². The number of hydrogen-bond acceptors (Lipinski definition) is 4. The van der Waals surface area contributed by atoms with Gasteiger partial charge in [-0.3, -0.25) is 0 Å². The first-order valence-electron chi connectivity index (χ1n) is 23.1. The molecule has 0 nitrogen and oxygen atoms in total. The molecule has 0 radical (unpaired) electrons. The van der Waals surface area contributed by atoms with Crippen LogP contribution in [0.1, 0.15) is 217 Å². The molecule has 0 bridgehead atoms. The summed E-state index contributed by atoms with van der Waals surface area (Å²) in [6.07, 6.45) is 42.9. The number of hydrogen-bond donors (Lipinski definition) is 4. The van der Waals surface area contributed by atoms with Gasteiger partial charge in [0, 0.05) is 5.41 Å². The molecule has 0 aliphatic heterocycles. The molecular weight excluding hydrogens is 729 g/mol. The Balaban J connectivity index is 1.52. The van der Waals surface area contributed by atoms with Crippen LogP contribution in [0.2, 0.25) is 0 Å². The largest absolute Gasteiger partial charge is 0.179 e. The second kappa shape index (κ2) is 30.6. The maximum absolute atomic E-state index is 5.84. The molecule has 2 aromatic carbocycles. The van der Waals surface area contributed by atoms with Crippen molar-refractivity contribution in [1.82, 2.24) is 0 Å². The summed E-state index contributed by atoms with van der Waals surface area (Å²) in [5, 5.41) is 0. The number of unbranched alkanes of at least 4 members (excludes halogenated alkanes) is 26. The lowest BCUT2D eigenvalue weighted by Crippen LogP contribution is -2.49. The molecule has 54 heavy (non-hydrogen) atoms. The minimum Gasteiger partial charge on any atom is -0.179 e. The van der Waals surface area contributed by atoms with E-state index in [1.54, 1.807) is 5.57 Å². The molecule has 0 heterocycles. The van der Waals surface area contributed by atoms with Gasteiger partial charge in [0.25, 0.3) is 0 Å². The molecule has 0 aromatic heterocycles. The molecule has 306 valence electrons. The molecule has 0 saturated carbocycles.